The molecule has 0 amide bonds. The summed E-state index contributed by atoms with van der Waals surface area (Å²) in [6.07, 6.45) is 0. The van der Waals surface area contributed by atoms with E-state index in [0.29, 0.717) is 31.3 Å². The van der Waals surface area contributed by atoms with Gasteiger partial charge in [0, 0.05) is 18.5 Å². The molecule has 0 bridgehead atoms. The van der Waals surface area contributed by atoms with Crippen LogP contribution in [0.3, 0.4) is 0 Å². The van der Waals surface area contributed by atoms with E-state index in [1.165, 1.54) is 0 Å². The van der Waals surface area contributed by atoms with Crippen LogP contribution in [0.2, 0.25) is 0 Å². The van der Waals surface area contributed by atoms with Crippen molar-refractivity contribution < 1.29 is 9.63 Å². The normalized spacial score (nSPS) is 20.8. The van der Waals surface area contributed by atoms with E-state index in [2.05, 4.69) is 15.0 Å². The number of aliphatic hydroxyl groups is 1. The molecule has 90 valence electrons. The van der Waals surface area contributed by atoms with E-state index >= 15 is 0 Å². The summed E-state index contributed by atoms with van der Waals surface area (Å²) in [6, 6.07) is 0. The van der Waals surface area contributed by atoms with Crippen molar-refractivity contribution in [1.29, 1.82) is 0 Å². The first-order chi connectivity index (χ1) is 7.26. The van der Waals surface area contributed by atoms with Crippen LogP contribution in [0, 0.1) is 0 Å². The van der Waals surface area contributed by atoms with E-state index in [1.54, 1.807) is 0 Å². The van der Waals surface area contributed by atoms with Crippen molar-refractivity contribution in [2.75, 3.05) is 13.1 Å². The molecule has 0 aliphatic carbocycles. The van der Waals surface area contributed by atoms with Crippen LogP contribution < -0.4 is 0 Å². The second kappa shape index (κ2) is 3.53. The molecule has 16 heavy (non-hydrogen) atoms. The lowest BCUT2D eigenvalue weighted by molar-refractivity contribution is -0.0882. The third-order valence-electron chi connectivity index (χ3n) is 2.60. The molecule has 1 saturated heterocycles. The van der Waals surface area contributed by atoms with Crippen LogP contribution in [0.1, 0.15) is 39.4 Å². The third-order valence-corrected chi connectivity index (χ3v) is 2.60. The highest BCUT2D eigenvalue weighted by Crippen LogP contribution is 2.23. The van der Waals surface area contributed by atoms with Crippen LogP contribution in [-0.2, 0) is 12.0 Å². The van der Waals surface area contributed by atoms with Crippen LogP contribution in [0.5, 0.6) is 0 Å². The molecule has 1 aromatic rings. The van der Waals surface area contributed by atoms with Gasteiger partial charge in [0.05, 0.1) is 12.1 Å². The fourth-order valence-electron chi connectivity index (χ4n) is 1.85. The lowest BCUT2D eigenvalue weighted by atomic mass is 9.96. The van der Waals surface area contributed by atoms with Crippen molar-refractivity contribution in [2.45, 2.75) is 45.3 Å². The quantitative estimate of drug-likeness (QED) is 0.811. The van der Waals surface area contributed by atoms with Gasteiger partial charge < -0.3 is 9.63 Å². The van der Waals surface area contributed by atoms with Crippen molar-refractivity contribution in [3.63, 3.8) is 0 Å². The Bertz CT molecular complexity index is 371. The molecule has 0 unspecified atom stereocenters. The lowest BCUT2D eigenvalue weighted by Crippen LogP contribution is -2.59. The van der Waals surface area contributed by atoms with Gasteiger partial charge in [-0.05, 0) is 6.92 Å². The summed E-state index contributed by atoms with van der Waals surface area (Å²) in [6.45, 7) is 9.95. The zero-order valence-electron chi connectivity index (χ0n) is 10.3. The molecule has 1 fully saturated rings. The zero-order chi connectivity index (χ0) is 12.0. The van der Waals surface area contributed by atoms with Crippen LogP contribution in [0.25, 0.3) is 0 Å². The van der Waals surface area contributed by atoms with Gasteiger partial charge in [-0.1, -0.05) is 25.9 Å². The van der Waals surface area contributed by atoms with E-state index in [1.807, 2.05) is 27.7 Å². The van der Waals surface area contributed by atoms with E-state index < -0.39 is 5.60 Å². The highest BCUT2D eigenvalue weighted by Gasteiger charge is 2.37. The Morgan fingerprint density at radius 3 is 2.50 bits per heavy atom. The van der Waals surface area contributed by atoms with Gasteiger partial charge in [-0.2, -0.15) is 4.98 Å². The zero-order valence-corrected chi connectivity index (χ0v) is 10.3. The largest absolute Gasteiger partial charge is 0.388 e. The molecule has 0 aromatic carbocycles. The molecule has 0 spiro atoms. The van der Waals surface area contributed by atoms with Crippen LogP contribution >= 0.6 is 0 Å². The van der Waals surface area contributed by atoms with Crippen molar-refractivity contribution in [3.05, 3.63) is 11.7 Å². The topological polar surface area (TPSA) is 62.4 Å². The van der Waals surface area contributed by atoms with Gasteiger partial charge in [0.25, 0.3) is 0 Å². The van der Waals surface area contributed by atoms with Gasteiger partial charge in [0.1, 0.15) is 0 Å². The predicted molar refractivity (Wildman–Crippen MR) is 58.9 cm³/mol. The van der Waals surface area contributed by atoms with Gasteiger partial charge in [-0.3, -0.25) is 4.90 Å². The number of β-amino-alcohol motifs (C(OH)–C–C–N with tert-alkyl or cyclic N) is 1. The smallest absolute Gasteiger partial charge is 0.232 e. The number of hydrogen-bond acceptors (Lipinski definition) is 5. The Balaban J connectivity index is 1.94. The molecule has 2 heterocycles. The number of nitrogens with zero attached hydrogens (tertiary/aromatic N) is 3. The third kappa shape index (κ3) is 2.41. The van der Waals surface area contributed by atoms with Crippen molar-refractivity contribution in [2.24, 2.45) is 0 Å². The molecule has 1 aromatic heterocycles. The van der Waals surface area contributed by atoms with Crippen molar-refractivity contribution >= 4 is 0 Å². The number of hydrogen-bond donors (Lipinski definition) is 1. The summed E-state index contributed by atoms with van der Waals surface area (Å²) in [5, 5.41) is 13.5. The second-order valence-corrected chi connectivity index (χ2v) is 5.91. The van der Waals surface area contributed by atoms with Gasteiger partial charge in [0.15, 0.2) is 5.82 Å². The van der Waals surface area contributed by atoms with Crippen molar-refractivity contribution in [3.8, 4) is 0 Å². The predicted octanol–water partition coefficient (Wildman–Crippen LogP) is 0.934. The minimum Gasteiger partial charge on any atom is -0.388 e. The molecule has 1 aliphatic heterocycles. The average Bonchev–Trinajstić information content (AvgIpc) is 2.48. The summed E-state index contributed by atoms with van der Waals surface area (Å²) >= 11 is 0. The molecule has 0 atom stereocenters. The first-order valence-electron chi connectivity index (χ1n) is 5.54. The van der Waals surface area contributed by atoms with Crippen LogP contribution in [0.15, 0.2) is 4.52 Å². The van der Waals surface area contributed by atoms with E-state index in [0.717, 1.165) is 0 Å². The minimum absolute atomic E-state index is 0.105. The highest BCUT2D eigenvalue weighted by molar-refractivity contribution is 5.00. The molecule has 5 heteroatoms. The van der Waals surface area contributed by atoms with Gasteiger partial charge in [0.2, 0.25) is 5.89 Å². The minimum atomic E-state index is -0.545. The van der Waals surface area contributed by atoms with Gasteiger partial charge in [-0.15, -0.1) is 0 Å². The Kier molecular flexibility index (Phi) is 2.55. The first-order valence-corrected chi connectivity index (χ1v) is 5.54. The van der Waals surface area contributed by atoms with E-state index in [4.69, 9.17) is 4.52 Å². The van der Waals surface area contributed by atoms with Gasteiger partial charge >= 0.3 is 0 Å². The fraction of sp³-hybridized carbons (Fsp3) is 0.818. The molecular formula is C11H19N3O2. The monoisotopic (exact) mass is 225 g/mol. The van der Waals surface area contributed by atoms with Gasteiger partial charge in [-0.25, -0.2) is 0 Å². The van der Waals surface area contributed by atoms with Crippen LogP contribution in [0.4, 0.5) is 0 Å². The first kappa shape index (κ1) is 11.5. The molecule has 2 rings (SSSR count). The fourth-order valence-corrected chi connectivity index (χ4v) is 1.85. The maximum absolute atomic E-state index is 9.59. The maximum Gasteiger partial charge on any atom is 0.232 e. The maximum atomic E-state index is 9.59. The molecular weight excluding hydrogens is 206 g/mol. The number of aromatic nitrogens is 2. The molecule has 0 radical (unpaired) electrons. The highest BCUT2D eigenvalue weighted by atomic mass is 16.5. The molecule has 0 saturated carbocycles. The Labute approximate surface area is 95.4 Å². The Hall–Kier alpha value is -0.940. The Morgan fingerprint density at radius 1 is 1.44 bits per heavy atom. The SMILES string of the molecule is CC1(O)CN(Cc2noc(C(C)(C)C)n2)C1. The summed E-state index contributed by atoms with van der Waals surface area (Å²) in [4.78, 5) is 6.44. The Morgan fingerprint density at radius 2 is 2.06 bits per heavy atom. The van der Waals surface area contributed by atoms with Crippen LogP contribution in [-0.4, -0.2) is 38.8 Å². The second-order valence-electron chi connectivity index (χ2n) is 5.91. The molecule has 5 nitrogen and oxygen atoms in total. The summed E-state index contributed by atoms with van der Waals surface area (Å²) in [5.41, 5.74) is -0.651. The number of rotatable bonds is 2. The number of likely N-dealkylation sites (tertiary alicyclic amines) is 1. The average molecular weight is 225 g/mol. The van der Waals surface area contributed by atoms with E-state index in [-0.39, 0.29) is 5.41 Å². The summed E-state index contributed by atoms with van der Waals surface area (Å²) < 4.78 is 5.20. The molecule has 1 aliphatic rings. The van der Waals surface area contributed by atoms with Crippen molar-refractivity contribution in [1.82, 2.24) is 15.0 Å². The summed E-state index contributed by atoms with van der Waals surface area (Å²) in [5.74, 6) is 1.36. The summed E-state index contributed by atoms with van der Waals surface area (Å²) in [7, 11) is 0. The molecule has 1 N–H and O–H groups in total. The standard InChI is InChI=1S/C11H19N3O2/c1-10(2,3)9-12-8(13-16-9)5-14-6-11(4,15)7-14/h15H,5-7H2,1-4H3. The van der Waals surface area contributed by atoms with E-state index in [9.17, 15) is 5.11 Å². The lowest BCUT2D eigenvalue weighted by Gasteiger charge is -2.43.